The predicted molar refractivity (Wildman–Crippen MR) is 100 cm³/mol. The van der Waals surface area contributed by atoms with Crippen LogP contribution >= 0.6 is 0 Å². The van der Waals surface area contributed by atoms with Crippen molar-refractivity contribution >= 4 is 17.8 Å². The van der Waals surface area contributed by atoms with Gasteiger partial charge in [-0.1, -0.05) is 25.1 Å². The Hall–Kier alpha value is -3.16. The first-order chi connectivity index (χ1) is 13.6. The monoisotopic (exact) mass is 382 g/mol. The second kappa shape index (κ2) is 7.46. The molecular weight excluding hydrogens is 360 g/mol. The molecule has 4 amide bonds. The van der Waals surface area contributed by atoms with E-state index >= 15 is 0 Å². The normalized spacial score (nSPS) is 19.0. The van der Waals surface area contributed by atoms with Crippen LogP contribution in [0, 0.1) is 0 Å². The molecule has 1 N–H and O–H groups in total. The van der Waals surface area contributed by atoms with Crippen LogP contribution < -0.4 is 5.32 Å². The summed E-state index contributed by atoms with van der Waals surface area (Å²) in [6, 6.07) is 8.41. The third-order valence-electron chi connectivity index (χ3n) is 5.03. The molecule has 2 aliphatic heterocycles. The van der Waals surface area contributed by atoms with E-state index in [-0.39, 0.29) is 18.2 Å². The Morgan fingerprint density at radius 3 is 2.82 bits per heavy atom. The van der Waals surface area contributed by atoms with E-state index < -0.39 is 12.1 Å². The number of benzene rings is 1. The topological polar surface area (TPSA) is 95.8 Å². The molecule has 3 heterocycles. The minimum atomic E-state index is -0.787. The first-order valence-corrected chi connectivity index (χ1v) is 9.50. The van der Waals surface area contributed by atoms with E-state index in [9.17, 15) is 14.4 Å². The molecular formula is C20H22N4O4. The Bertz CT molecular complexity index is 908. The number of amides is 4. The number of imide groups is 1. The summed E-state index contributed by atoms with van der Waals surface area (Å²) in [4.78, 5) is 44.3. The van der Waals surface area contributed by atoms with Gasteiger partial charge in [0.2, 0.25) is 11.8 Å². The standard InChI is InChI=1S/C20H22N4O4/c1-2-9-24-19(26)14(22-20(24)27)11-17(25)23-10-8-16-15(12-23)21-18(28-16)13-6-4-3-5-7-13/h3-7,14H,2,8-12H2,1H3,(H,22,27). The van der Waals surface area contributed by atoms with E-state index in [0.29, 0.717) is 38.4 Å². The molecule has 1 aromatic heterocycles. The molecule has 8 nitrogen and oxygen atoms in total. The molecule has 28 heavy (non-hydrogen) atoms. The number of nitrogens with one attached hydrogen (secondary N) is 1. The van der Waals surface area contributed by atoms with Gasteiger partial charge in [-0.3, -0.25) is 14.5 Å². The van der Waals surface area contributed by atoms with Gasteiger partial charge in [-0.15, -0.1) is 0 Å². The summed E-state index contributed by atoms with van der Waals surface area (Å²) in [6.45, 7) is 3.11. The third kappa shape index (κ3) is 3.37. The number of urea groups is 1. The highest BCUT2D eigenvalue weighted by Gasteiger charge is 2.39. The van der Waals surface area contributed by atoms with Crippen LogP contribution in [0.3, 0.4) is 0 Å². The number of oxazole rings is 1. The van der Waals surface area contributed by atoms with E-state index in [1.165, 1.54) is 4.90 Å². The maximum Gasteiger partial charge on any atom is 0.324 e. The molecule has 2 aromatic rings. The van der Waals surface area contributed by atoms with E-state index in [0.717, 1.165) is 17.0 Å². The molecule has 146 valence electrons. The lowest BCUT2D eigenvalue weighted by atomic mass is 10.1. The van der Waals surface area contributed by atoms with Gasteiger partial charge < -0.3 is 14.6 Å². The summed E-state index contributed by atoms with van der Waals surface area (Å²) in [5.74, 6) is 0.841. The Morgan fingerprint density at radius 1 is 1.29 bits per heavy atom. The largest absolute Gasteiger partial charge is 0.441 e. The lowest BCUT2D eigenvalue weighted by Gasteiger charge is -2.26. The molecule has 4 rings (SSSR count). The van der Waals surface area contributed by atoms with Crippen LogP contribution in [0.5, 0.6) is 0 Å². The van der Waals surface area contributed by atoms with Gasteiger partial charge in [0.25, 0.3) is 5.91 Å². The Labute approximate surface area is 162 Å². The van der Waals surface area contributed by atoms with Crippen LogP contribution in [0.4, 0.5) is 4.79 Å². The summed E-state index contributed by atoms with van der Waals surface area (Å²) >= 11 is 0. The molecule has 8 heteroatoms. The van der Waals surface area contributed by atoms with Crippen molar-refractivity contribution in [3.63, 3.8) is 0 Å². The highest BCUT2D eigenvalue weighted by atomic mass is 16.4. The summed E-state index contributed by atoms with van der Waals surface area (Å²) in [5, 5.41) is 2.61. The molecule has 0 aliphatic carbocycles. The quantitative estimate of drug-likeness (QED) is 0.798. The first kappa shape index (κ1) is 18.2. The summed E-state index contributed by atoms with van der Waals surface area (Å²) in [7, 11) is 0. The van der Waals surface area contributed by atoms with Crippen molar-refractivity contribution in [2.75, 3.05) is 13.1 Å². The molecule has 1 unspecified atom stereocenters. The van der Waals surface area contributed by atoms with Crippen LogP contribution in [-0.4, -0.2) is 51.8 Å². The van der Waals surface area contributed by atoms with Gasteiger partial charge in [-0.2, -0.15) is 0 Å². The van der Waals surface area contributed by atoms with Gasteiger partial charge in [0, 0.05) is 25.1 Å². The third-order valence-corrected chi connectivity index (χ3v) is 5.03. The van der Waals surface area contributed by atoms with Crippen molar-refractivity contribution in [3.8, 4) is 11.5 Å². The van der Waals surface area contributed by atoms with E-state index in [4.69, 9.17) is 4.42 Å². The summed E-state index contributed by atoms with van der Waals surface area (Å²) in [5.41, 5.74) is 1.64. The molecule has 0 bridgehead atoms. The van der Waals surface area contributed by atoms with Gasteiger partial charge in [0.05, 0.1) is 13.0 Å². The van der Waals surface area contributed by atoms with Crippen LogP contribution in [0.25, 0.3) is 11.5 Å². The number of carbonyl (C=O) groups is 3. The maximum atomic E-state index is 12.7. The van der Waals surface area contributed by atoms with Crippen molar-refractivity contribution in [2.45, 2.75) is 38.8 Å². The van der Waals surface area contributed by atoms with E-state index in [1.54, 1.807) is 4.90 Å². The number of nitrogens with zero attached hydrogens (tertiary/aromatic N) is 3. The van der Waals surface area contributed by atoms with Crippen molar-refractivity contribution in [2.24, 2.45) is 0 Å². The smallest absolute Gasteiger partial charge is 0.324 e. The van der Waals surface area contributed by atoms with Crippen LogP contribution in [0.1, 0.15) is 31.2 Å². The van der Waals surface area contributed by atoms with Gasteiger partial charge >= 0.3 is 6.03 Å². The summed E-state index contributed by atoms with van der Waals surface area (Å²) in [6.07, 6.45) is 1.22. The molecule has 0 spiro atoms. The van der Waals surface area contributed by atoms with Crippen molar-refractivity contribution < 1.29 is 18.8 Å². The van der Waals surface area contributed by atoms with Crippen LogP contribution in [0.2, 0.25) is 0 Å². The lowest BCUT2D eigenvalue weighted by molar-refractivity contribution is -0.136. The predicted octanol–water partition coefficient (Wildman–Crippen LogP) is 1.95. The van der Waals surface area contributed by atoms with Crippen molar-refractivity contribution in [1.29, 1.82) is 0 Å². The number of hydrogen-bond donors (Lipinski definition) is 1. The van der Waals surface area contributed by atoms with Crippen LogP contribution in [0.15, 0.2) is 34.7 Å². The van der Waals surface area contributed by atoms with Crippen LogP contribution in [-0.2, 0) is 22.6 Å². The zero-order valence-corrected chi connectivity index (χ0v) is 15.7. The lowest BCUT2D eigenvalue weighted by Crippen LogP contribution is -2.41. The molecule has 0 saturated carbocycles. The van der Waals surface area contributed by atoms with Gasteiger partial charge in [0.15, 0.2) is 0 Å². The second-order valence-electron chi connectivity index (χ2n) is 7.02. The summed E-state index contributed by atoms with van der Waals surface area (Å²) < 4.78 is 5.86. The average molecular weight is 382 g/mol. The minimum Gasteiger partial charge on any atom is -0.441 e. The Kier molecular flexibility index (Phi) is 4.85. The fourth-order valence-electron chi connectivity index (χ4n) is 3.57. The van der Waals surface area contributed by atoms with Gasteiger partial charge in [0.1, 0.15) is 17.5 Å². The van der Waals surface area contributed by atoms with Crippen molar-refractivity contribution in [1.82, 2.24) is 20.1 Å². The molecule has 2 aliphatic rings. The SMILES string of the molecule is CCCN1C(=O)NC(CC(=O)N2CCc3oc(-c4ccccc4)nc3C2)C1=O. The highest BCUT2D eigenvalue weighted by molar-refractivity contribution is 6.05. The second-order valence-corrected chi connectivity index (χ2v) is 7.02. The minimum absolute atomic E-state index is 0.0382. The fraction of sp³-hybridized carbons (Fsp3) is 0.400. The molecule has 1 atom stereocenters. The van der Waals surface area contributed by atoms with Crippen molar-refractivity contribution in [3.05, 3.63) is 41.8 Å². The maximum absolute atomic E-state index is 12.7. The number of aromatic nitrogens is 1. The van der Waals surface area contributed by atoms with E-state index in [2.05, 4.69) is 10.3 Å². The number of hydrogen-bond acceptors (Lipinski definition) is 5. The average Bonchev–Trinajstić information content (AvgIpc) is 3.25. The Morgan fingerprint density at radius 2 is 2.07 bits per heavy atom. The number of carbonyl (C=O) groups excluding carboxylic acids is 3. The number of rotatable bonds is 5. The number of fused-ring (bicyclic) bond motifs is 1. The molecule has 1 saturated heterocycles. The van der Waals surface area contributed by atoms with E-state index in [1.807, 2.05) is 37.3 Å². The molecule has 1 aromatic carbocycles. The van der Waals surface area contributed by atoms with Gasteiger partial charge in [-0.05, 0) is 18.6 Å². The first-order valence-electron chi connectivity index (χ1n) is 9.50. The zero-order chi connectivity index (χ0) is 19.7. The Balaban J connectivity index is 1.42. The molecule has 1 fully saturated rings. The fourth-order valence-corrected chi connectivity index (χ4v) is 3.57. The van der Waals surface area contributed by atoms with Gasteiger partial charge in [-0.25, -0.2) is 9.78 Å². The zero-order valence-electron chi connectivity index (χ0n) is 15.7. The highest BCUT2D eigenvalue weighted by Crippen LogP contribution is 2.26. The molecule has 0 radical (unpaired) electrons.